The molecule has 0 saturated carbocycles. The van der Waals surface area contributed by atoms with Crippen LogP contribution < -0.4 is 10.6 Å². The number of hydrogen-bond donors (Lipinski definition) is 2. The van der Waals surface area contributed by atoms with Gasteiger partial charge in [-0.15, -0.1) is 0 Å². The lowest BCUT2D eigenvalue weighted by molar-refractivity contribution is -0.116. The van der Waals surface area contributed by atoms with Crippen LogP contribution in [0.15, 0.2) is 16.8 Å². The molecule has 72 valence electrons. The van der Waals surface area contributed by atoms with Crippen molar-refractivity contribution in [2.45, 2.75) is 13.3 Å². The second-order valence-corrected chi connectivity index (χ2v) is 3.44. The van der Waals surface area contributed by atoms with E-state index in [2.05, 4.69) is 10.6 Å². The third kappa shape index (κ3) is 4.05. The molecule has 2 N–H and O–H groups in total. The molecule has 0 aliphatic rings. The summed E-state index contributed by atoms with van der Waals surface area (Å²) in [6.07, 6.45) is 0.531. The van der Waals surface area contributed by atoms with Crippen LogP contribution in [0.5, 0.6) is 0 Å². The number of thiophene rings is 1. The van der Waals surface area contributed by atoms with Gasteiger partial charge in [0, 0.05) is 18.3 Å². The molecule has 0 saturated heterocycles. The Balaban J connectivity index is 2.18. The SMILES string of the molecule is CCNCCC(=O)Nc1ccsc1. The number of hydrogen-bond acceptors (Lipinski definition) is 3. The van der Waals surface area contributed by atoms with E-state index in [1.807, 2.05) is 23.8 Å². The molecule has 4 heteroatoms. The van der Waals surface area contributed by atoms with Gasteiger partial charge >= 0.3 is 0 Å². The largest absolute Gasteiger partial charge is 0.325 e. The summed E-state index contributed by atoms with van der Waals surface area (Å²) < 4.78 is 0. The van der Waals surface area contributed by atoms with Crippen LogP contribution in [0.25, 0.3) is 0 Å². The standard InChI is InChI=1S/C9H14N2OS/c1-2-10-5-3-9(12)11-8-4-6-13-7-8/h4,6-7,10H,2-3,5H2,1H3,(H,11,12). The molecule has 0 spiro atoms. The second kappa shape index (κ2) is 5.72. The Kier molecular flexibility index (Phi) is 4.49. The number of rotatable bonds is 5. The van der Waals surface area contributed by atoms with E-state index in [-0.39, 0.29) is 5.91 Å². The van der Waals surface area contributed by atoms with Crippen LogP contribution >= 0.6 is 11.3 Å². The lowest BCUT2D eigenvalue weighted by Gasteiger charge is -2.02. The lowest BCUT2D eigenvalue weighted by atomic mass is 10.4. The molecule has 0 bridgehead atoms. The highest BCUT2D eigenvalue weighted by molar-refractivity contribution is 7.08. The van der Waals surface area contributed by atoms with Gasteiger partial charge in [0.05, 0.1) is 5.69 Å². The van der Waals surface area contributed by atoms with Crippen molar-refractivity contribution in [2.24, 2.45) is 0 Å². The van der Waals surface area contributed by atoms with Crippen LogP contribution in [0.3, 0.4) is 0 Å². The lowest BCUT2D eigenvalue weighted by Crippen LogP contribution is -2.21. The van der Waals surface area contributed by atoms with Crippen molar-refractivity contribution in [3.8, 4) is 0 Å². The van der Waals surface area contributed by atoms with Crippen LogP contribution in [-0.4, -0.2) is 19.0 Å². The summed E-state index contributed by atoms with van der Waals surface area (Å²) in [5, 5.41) is 9.78. The number of carbonyl (C=O) groups excluding carboxylic acids is 1. The summed E-state index contributed by atoms with van der Waals surface area (Å²) in [6, 6.07) is 1.90. The van der Waals surface area contributed by atoms with Gasteiger partial charge in [0.1, 0.15) is 0 Å². The third-order valence-corrected chi connectivity index (χ3v) is 2.27. The molecule has 0 aliphatic heterocycles. The van der Waals surface area contributed by atoms with Gasteiger partial charge in [0.15, 0.2) is 0 Å². The van der Waals surface area contributed by atoms with Crippen molar-refractivity contribution in [1.29, 1.82) is 0 Å². The Morgan fingerprint density at radius 3 is 3.08 bits per heavy atom. The summed E-state index contributed by atoms with van der Waals surface area (Å²) in [6.45, 7) is 3.68. The molecule has 1 amide bonds. The highest BCUT2D eigenvalue weighted by Crippen LogP contribution is 2.11. The van der Waals surface area contributed by atoms with Gasteiger partial charge in [-0.1, -0.05) is 6.92 Å². The smallest absolute Gasteiger partial charge is 0.225 e. The van der Waals surface area contributed by atoms with Gasteiger partial charge in [0.25, 0.3) is 0 Å². The molecule has 3 nitrogen and oxygen atoms in total. The summed E-state index contributed by atoms with van der Waals surface area (Å²) in [5.74, 6) is 0.0688. The van der Waals surface area contributed by atoms with Gasteiger partial charge in [0.2, 0.25) is 5.91 Å². The van der Waals surface area contributed by atoms with Crippen molar-refractivity contribution < 1.29 is 4.79 Å². The quantitative estimate of drug-likeness (QED) is 0.707. The molecule has 1 aromatic heterocycles. The van der Waals surface area contributed by atoms with Gasteiger partial charge < -0.3 is 10.6 Å². The maximum absolute atomic E-state index is 11.2. The highest BCUT2D eigenvalue weighted by Gasteiger charge is 2.00. The Morgan fingerprint density at radius 2 is 2.46 bits per heavy atom. The van der Waals surface area contributed by atoms with Crippen LogP contribution in [-0.2, 0) is 4.79 Å². The first-order valence-electron chi connectivity index (χ1n) is 4.35. The Bertz CT molecular complexity index is 246. The van der Waals surface area contributed by atoms with Gasteiger partial charge in [-0.25, -0.2) is 0 Å². The van der Waals surface area contributed by atoms with E-state index in [1.54, 1.807) is 11.3 Å². The maximum Gasteiger partial charge on any atom is 0.225 e. The van der Waals surface area contributed by atoms with Crippen LogP contribution in [0, 0.1) is 0 Å². The van der Waals surface area contributed by atoms with E-state index in [9.17, 15) is 4.79 Å². The summed E-state index contributed by atoms with van der Waals surface area (Å²) in [4.78, 5) is 11.2. The Labute approximate surface area is 82.2 Å². The molecule has 0 aromatic carbocycles. The monoisotopic (exact) mass is 198 g/mol. The number of amides is 1. The van der Waals surface area contributed by atoms with Crippen LogP contribution in [0.1, 0.15) is 13.3 Å². The first kappa shape index (κ1) is 10.2. The summed E-state index contributed by atoms with van der Waals surface area (Å²) in [5.41, 5.74) is 0.895. The van der Waals surface area contributed by atoms with Crippen molar-refractivity contribution in [3.63, 3.8) is 0 Å². The van der Waals surface area contributed by atoms with Crippen LogP contribution in [0.4, 0.5) is 5.69 Å². The average molecular weight is 198 g/mol. The Hall–Kier alpha value is -0.870. The van der Waals surface area contributed by atoms with E-state index in [0.29, 0.717) is 6.42 Å². The molecule has 0 unspecified atom stereocenters. The number of carbonyl (C=O) groups is 1. The van der Waals surface area contributed by atoms with E-state index in [4.69, 9.17) is 0 Å². The zero-order valence-corrected chi connectivity index (χ0v) is 8.49. The van der Waals surface area contributed by atoms with E-state index >= 15 is 0 Å². The molecule has 0 aliphatic carbocycles. The van der Waals surface area contributed by atoms with Gasteiger partial charge in [-0.05, 0) is 18.0 Å². The molecule has 0 atom stereocenters. The first-order valence-corrected chi connectivity index (χ1v) is 5.30. The number of nitrogens with one attached hydrogen (secondary N) is 2. The molecule has 0 radical (unpaired) electrons. The highest BCUT2D eigenvalue weighted by atomic mass is 32.1. The average Bonchev–Trinajstić information content (AvgIpc) is 2.57. The first-order chi connectivity index (χ1) is 6.33. The maximum atomic E-state index is 11.2. The van der Waals surface area contributed by atoms with Crippen molar-refractivity contribution in [3.05, 3.63) is 16.8 Å². The molecule has 1 rings (SSSR count). The van der Waals surface area contributed by atoms with Crippen LogP contribution in [0.2, 0.25) is 0 Å². The van der Waals surface area contributed by atoms with Crippen molar-refractivity contribution in [2.75, 3.05) is 18.4 Å². The normalized spacial score (nSPS) is 9.92. The van der Waals surface area contributed by atoms with Gasteiger partial charge in [-0.3, -0.25) is 4.79 Å². The molecule has 1 aromatic rings. The summed E-state index contributed by atoms with van der Waals surface area (Å²) >= 11 is 1.58. The molecule has 13 heavy (non-hydrogen) atoms. The molecule has 0 fully saturated rings. The third-order valence-electron chi connectivity index (χ3n) is 1.58. The molecular weight excluding hydrogens is 184 g/mol. The van der Waals surface area contributed by atoms with Crippen molar-refractivity contribution >= 4 is 22.9 Å². The minimum atomic E-state index is 0.0688. The fourth-order valence-electron chi connectivity index (χ4n) is 0.938. The van der Waals surface area contributed by atoms with Gasteiger partial charge in [-0.2, -0.15) is 11.3 Å². The van der Waals surface area contributed by atoms with E-state index < -0.39 is 0 Å². The minimum Gasteiger partial charge on any atom is -0.325 e. The number of anilines is 1. The fourth-order valence-corrected chi connectivity index (χ4v) is 1.53. The second-order valence-electron chi connectivity index (χ2n) is 2.66. The van der Waals surface area contributed by atoms with E-state index in [0.717, 1.165) is 18.8 Å². The van der Waals surface area contributed by atoms with E-state index in [1.165, 1.54) is 0 Å². The zero-order chi connectivity index (χ0) is 9.52. The Morgan fingerprint density at radius 1 is 1.62 bits per heavy atom. The zero-order valence-electron chi connectivity index (χ0n) is 7.67. The minimum absolute atomic E-state index is 0.0688. The molecule has 1 heterocycles. The topological polar surface area (TPSA) is 41.1 Å². The molecular formula is C9H14N2OS. The fraction of sp³-hybridized carbons (Fsp3) is 0.444. The summed E-state index contributed by atoms with van der Waals surface area (Å²) in [7, 11) is 0. The predicted octanol–water partition coefficient (Wildman–Crippen LogP) is 1.69. The predicted molar refractivity (Wildman–Crippen MR) is 56.1 cm³/mol. The van der Waals surface area contributed by atoms with Crippen molar-refractivity contribution in [1.82, 2.24) is 5.32 Å².